The zero-order valence-electron chi connectivity index (χ0n) is 24.1. The van der Waals surface area contributed by atoms with Gasteiger partial charge in [0.05, 0.1) is 16.7 Å². The van der Waals surface area contributed by atoms with Crippen LogP contribution in [0.4, 0.5) is 11.4 Å². The Bertz CT molecular complexity index is 1590. The maximum Gasteiger partial charge on any atom is 0.253 e. The molecule has 41 heavy (non-hydrogen) atoms. The number of hydrogen-bond acceptors (Lipinski definition) is 6. The Balaban J connectivity index is 1.38. The summed E-state index contributed by atoms with van der Waals surface area (Å²) in [6, 6.07) is 15.4. The molecule has 4 heterocycles. The van der Waals surface area contributed by atoms with Crippen molar-refractivity contribution in [2.45, 2.75) is 45.3 Å². The van der Waals surface area contributed by atoms with Crippen LogP contribution in [-0.4, -0.2) is 69.4 Å². The molecule has 2 amide bonds. The third kappa shape index (κ3) is 5.17. The Kier molecular flexibility index (Phi) is 7.21. The Morgan fingerprint density at radius 3 is 2.59 bits per heavy atom. The summed E-state index contributed by atoms with van der Waals surface area (Å²) in [5.41, 5.74) is 5.78. The second-order valence-electron chi connectivity index (χ2n) is 11.6. The number of anilines is 2. The molecule has 0 saturated carbocycles. The summed E-state index contributed by atoms with van der Waals surface area (Å²) in [6.45, 7) is 6.73. The van der Waals surface area contributed by atoms with Gasteiger partial charge in [0.2, 0.25) is 5.91 Å². The number of benzene rings is 2. The van der Waals surface area contributed by atoms with Crippen molar-refractivity contribution in [2.24, 2.45) is 5.92 Å². The lowest BCUT2D eigenvalue weighted by Gasteiger charge is -2.35. The van der Waals surface area contributed by atoms with Crippen LogP contribution in [0.15, 0.2) is 60.9 Å². The van der Waals surface area contributed by atoms with E-state index in [9.17, 15) is 9.59 Å². The van der Waals surface area contributed by atoms with Gasteiger partial charge in [-0.15, -0.1) is 0 Å². The first kappa shape index (κ1) is 27.0. The van der Waals surface area contributed by atoms with Gasteiger partial charge >= 0.3 is 0 Å². The largest absolute Gasteiger partial charge is 0.381 e. The van der Waals surface area contributed by atoms with E-state index in [1.54, 1.807) is 12.4 Å². The van der Waals surface area contributed by atoms with E-state index in [1.807, 2.05) is 78.9 Å². The summed E-state index contributed by atoms with van der Waals surface area (Å²) in [7, 11) is 4.03. The molecule has 0 spiro atoms. The Labute approximate surface area is 240 Å². The van der Waals surface area contributed by atoms with Crippen LogP contribution >= 0.6 is 0 Å². The van der Waals surface area contributed by atoms with E-state index in [4.69, 9.17) is 4.98 Å². The van der Waals surface area contributed by atoms with Crippen LogP contribution in [0.2, 0.25) is 0 Å². The Hall–Kier alpha value is -4.24. The number of piperidine rings is 1. The number of fused-ring (bicyclic) bond motifs is 5. The van der Waals surface area contributed by atoms with E-state index in [-0.39, 0.29) is 23.8 Å². The molecule has 9 heteroatoms. The molecule has 2 aromatic heterocycles. The summed E-state index contributed by atoms with van der Waals surface area (Å²) >= 11 is 0. The Morgan fingerprint density at radius 1 is 1.10 bits per heavy atom. The molecule has 1 unspecified atom stereocenters. The second kappa shape index (κ2) is 11.0. The van der Waals surface area contributed by atoms with Crippen molar-refractivity contribution < 1.29 is 9.59 Å². The standard InChI is InChI=1S/C32H37N7O2/c1-20(2)29-31(40)36-26-7-6-23(34-19-21-9-13-33-14-10-21)18-25(26)30-35-27-17-22(5-8-28(27)39(29)30)32(41)38(4)24-11-15-37(3)16-12-24/h5-10,13-14,17-18,20,24,29,34H,11-12,15-16,19H2,1-4H3,(H,36,40). The monoisotopic (exact) mass is 551 g/mol. The quantitative estimate of drug-likeness (QED) is 0.349. The van der Waals surface area contributed by atoms with Gasteiger partial charge < -0.3 is 25.0 Å². The highest BCUT2D eigenvalue weighted by molar-refractivity contribution is 6.03. The van der Waals surface area contributed by atoms with E-state index in [0.717, 1.165) is 53.9 Å². The van der Waals surface area contributed by atoms with Gasteiger partial charge in [-0.25, -0.2) is 4.98 Å². The molecule has 1 fully saturated rings. The second-order valence-corrected chi connectivity index (χ2v) is 11.6. The summed E-state index contributed by atoms with van der Waals surface area (Å²) in [6.07, 6.45) is 5.50. The fourth-order valence-corrected chi connectivity index (χ4v) is 6.03. The van der Waals surface area contributed by atoms with Crippen molar-refractivity contribution in [3.05, 3.63) is 72.1 Å². The maximum absolute atomic E-state index is 13.5. The van der Waals surface area contributed by atoms with Crippen molar-refractivity contribution >= 4 is 34.2 Å². The highest BCUT2D eigenvalue weighted by Crippen LogP contribution is 2.40. The number of pyridine rings is 1. The fourth-order valence-electron chi connectivity index (χ4n) is 6.03. The van der Waals surface area contributed by atoms with Gasteiger partial charge in [-0.1, -0.05) is 13.8 Å². The van der Waals surface area contributed by atoms with Crippen molar-refractivity contribution in [3.63, 3.8) is 0 Å². The molecule has 212 valence electrons. The molecule has 1 atom stereocenters. The van der Waals surface area contributed by atoms with Gasteiger partial charge in [-0.2, -0.15) is 0 Å². The maximum atomic E-state index is 13.5. The van der Waals surface area contributed by atoms with Crippen LogP contribution in [0.25, 0.3) is 22.4 Å². The molecule has 1 saturated heterocycles. The average molecular weight is 552 g/mol. The number of nitrogens with one attached hydrogen (secondary N) is 2. The van der Waals surface area contributed by atoms with Crippen molar-refractivity contribution in [1.82, 2.24) is 24.3 Å². The third-order valence-electron chi connectivity index (χ3n) is 8.44. The summed E-state index contributed by atoms with van der Waals surface area (Å²) in [4.78, 5) is 40.4. The number of aromatic nitrogens is 3. The zero-order chi connectivity index (χ0) is 28.7. The van der Waals surface area contributed by atoms with Crippen LogP contribution in [0.5, 0.6) is 0 Å². The van der Waals surface area contributed by atoms with Gasteiger partial charge in [0.15, 0.2) is 0 Å². The first-order chi connectivity index (χ1) is 19.8. The van der Waals surface area contributed by atoms with Crippen LogP contribution in [0.3, 0.4) is 0 Å². The van der Waals surface area contributed by atoms with Crippen LogP contribution < -0.4 is 10.6 Å². The molecule has 6 rings (SSSR count). The minimum atomic E-state index is -0.445. The molecule has 2 aliphatic heterocycles. The number of imidazole rings is 1. The molecule has 9 nitrogen and oxygen atoms in total. The number of carbonyl (C=O) groups excluding carboxylic acids is 2. The van der Waals surface area contributed by atoms with Crippen molar-refractivity contribution in [2.75, 3.05) is 37.8 Å². The number of rotatable bonds is 6. The summed E-state index contributed by atoms with van der Waals surface area (Å²) < 4.78 is 2.04. The SMILES string of the molecule is CC(C)C1C(=O)Nc2ccc(NCc3ccncc3)cc2-c2nc3cc(C(=O)N(C)C4CCN(C)CC4)ccc3n21. The summed E-state index contributed by atoms with van der Waals surface area (Å²) in [5.74, 6) is 0.680. The zero-order valence-corrected chi connectivity index (χ0v) is 24.1. The minimum absolute atomic E-state index is 0.00537. The molecular formula is C32H37N7O2. The van der Waals surface area contributed by atoms with Crippen LogP contribution in [0.1, 0.15) is 48.7 Å². The minimum Gasteiger partial charge on any atom is -0.381 e. The molecule has 4 aromatic rings. The van der Waals surface area contributed by atoms with Gasteiger partial charge in [0.25, 0.3) is 5.91 Å². The predicted octanol–water partition coefficient (Wildman–Crippen LogP) is 5.03. The number of hydrogen-bond donors (Lipinski definition) is 2. The predicted molar refractivity (Wildman–Crippen MR) is 162 cm³/mol. The lowest BCUT2D eigenvalue weighted by Crippen LogP contribution is -2.44. The van der Waals surface area contributed by atoms with Gasteiger partial charge in [0.1, 0.15) is 11.9 Å². The average Bonchev–Trinajstić information content (AvgIpc) is 3.29. The normalized spacial score (nSPS) is 17.6. The van der Waals surface area contributed by atoms with E-state index >= 15 is 0 Å². The van der Waals surface area contributed by atoms with Crippen molar-refractivity contribution in [1.29, 1.82) is 0 Å². The highest BCUT2D eigenvalue weighted by atomic mass is 16.2. The summed E-state index contributed by atoms with van der Waals surface area (Å²) in [5, 5.41) is 6.62. The molecule has 2 aliphatic rings. The number of carbonyl (C=O) groups is 2. The molecule has 0 bridgehead atoms. The Morgan fingerprint density at radius 2 is 1.85 bits per heavy atom. The number of amides is 2. The van der Waals surface area contributed by atoms with E-state index in [1.165, 1.54) is 0 Å². The van der Waals surface area contributed by atoms with Gasteiger partial charge in [-0.3, -0.25) is 14.6 Å². The molecule has 2 aromatic carbocycles. The number of likely N-dealkylation sites (tertiary alicyclic amines) is 1. The first-order valence-corrected chi connectivity index (χ1v) is 14.4. The van der Waals surface area contributed by atoms with Crippen LogP contribution in [-0.2, 0) is 11.3 Å². The molecule has 0 radical (unpaired) electrons. The van der Waals surface area contributed by atoms with E-state index in [0.29, 0.717) is 23.4 Å². The lowest BCUT2D eigenvalue weighted by molar-refractivity contribution is -0.120. The lowest BCUT2D eigenvalue weighted by atomic mass is 10.0. The fraction of sp³-hybridized carbons (Fsp3) is 0.375. The molecule has 2 N–H and O–H groups in total. The molecular weight excluding hydrogens is 514 g/mol. The van der Waals surface area contributed by atoms with Gasteiger partial charge in [-0.05, 0) is 93.0 Å². The highest BCUT2D eigenvalue weighted by Gasteiger charge is 2.34. The first-order valence-electron chi connectivity index (χ1n) is 14.4. The third-order valence-corrected chi connectivity index (χ3v) is 8.44. The van der Waals surface area contributed by atoms with E-state index < -0.39 is 6.04 Å². The van der Waals surface area contributed by atoms with Crippen LogP contribution in [0, 0.1) is 5.92 Å². The van der Waals surface area contributed by atoms with Crippen molar-refractivity contribution in [3.8, 4) is 11.4 Å². The van der Waals surface area contributed by atoms with Gasteiger partial charge in [0, 0.05) is 48.8 Å². The molecule has 0 aliphatic carbocycles. The smallest absolute Gasteiger partial charge is 0.253 e. The number of nitrogens with zero attached hydrogens (tertiary/aromatic N) is 5. The van der Waals surface area contributed by atoms with E-state index in [2.05, 4.69) is 27.6 Å². The topological polar surface area (TPSA) is 95.4 Å².